The zero-order valence-corrected chi connectivity index (χ0v) is 16.3. The number of carbonyl (C=O) groups excluding carboxylic acids is 1. The third-order valence-corrected chi connectivity index (χ3v) is 6.25. The monoisotopic (exact) mass is 400 g/mol. The van der Waals surface area contributed by atoms with E-state index < -0.39 is 0 Å². The second-order valence-electron chi connectivity index (χ2n) is 6.91. The first-order chi connectivity index (χ1) is 14.2. The molecule has 3 nitrogen and oxygen atoms in total. The Labute approximate surface area is 172 Å². The van der Waals surface area contributed by atoms with E-state index in [9.17, 15) is 9.18 Å². The van der Waals surface area contributed by atoms with E-state index in [2.05, 4.69) is 0 Å². The summed E-state index contributed by atoms with van der Waals surface area (Å²) in [6.45, 7) is 0. The average molecular weight is 400 g/mol. The number of imidazole rings is 1. The van der Waals surface area contributed by atoms with Crippen molar-refractivity contribution in [2.45, 2.75) is 16.8 Å². The van der Waals surface area contributed by atoms with Crippen molar-refractivity contribution >= 4 is 17.7 Å². The molecule has 2 heterocycles. The number of aromatic nitrogens is 2. The van der Waals surface area contributed by atoms with Gasteiger partial charge in [0.2, 0.25) is 5.91 Å². The van der Waals surface area contributed by atoms with Crippen molar-refractivity contribution in [1.82, 2.24) is 9.55 Å². The fraction of sp³-hybridized carbons (Fsp3) is 0.0833. The minimum atomic E-state index is -0.278. The smallest absolute Gasteiger partial charge is 0.234 e. The van der Waals surface area contributed by atoms with Crippen molar-refractivity contribution < 1.29 is 9.18 Å². The van der Waals surface area contributed by atoms with Crippen molar-refractivity contribution in [2.24, 2.45) is 0 Å². The first-order valence-electron chi connectivity index (χ1n) is 9.39. The van der Waals surface area contributed by atoms with Gasteiger partial charge in [-0.2, -0.15) is 0 Å². The summed E-state index contributed by atoms with van der Waals surface area (Å²) < 4.78 is 15.0. The summed E-state index contributed by atoms with van der Waals surface area (Å²) in [6, 6.07) is 26.2. The number of hydrogen-bond donors (Lipinski definition) is 0. The van der Waals surface area contributed by atoms with Gasteiger partial charge in [0.15, 0.2) is 5.16 Å². The van der Waals surface area contributed by atoms with Gasteiger partial charge in [-0.1, -0.05) is 84.6 Å². The lowest BCUT2D eigenvalue weighted by atomic mass is 10.0. The average Bonchev–Trinajstić information content (AvgIpc) is 3.16. The fourth-order valence-electron chi connectivity index (χ4n) is 3.65. The molecule has 0 radical (unpaired) electrons. The molecule has 0 saturated carbocycles. The molecule has 1 aliphatic heterocycles. The third-order valence-electron chi connectivity index (χ3n) is 5.04. The Morgan fingerprint density at radius 3 is 2.14 bits per heavy atom. The van der Waals surface area contributed by atoms with Crippen LogP contribution in [-0.2, 0) is 0 Å². The van der Waals surface area contributed by atoms with Gasteiger partial charge < -0.3 is 0 Å². The summed E-state index contributed by atoms with van der Waals surface area (Å²) in [7, 11) is 0. The molecule has 0 aliphatic carbocycles. The Hall–Kier alpha value is -3.18. The number of carbonyl (C=O) groups is 1. The van der Waals surface area contributed by atoms with Crippen LogP contribution in [0.2, 0.25) is 0 Å². The van der Waals surface area contributed by atoms with E-state index in [1.165, 1.54) is 12.1 Å². The first kappa shape index (κ1) is 17.9. The molecule has 5 rings (SSSR count). The van der Waals surface area contributed by atoms with E-state index in [0.717, 1.165) is 28.1 Å². The number of hydrogen-bond acceptors (Lipinski definition) is 3. The van der Waals surface area contributed by atoms with Crippen molar-refractivity contribution in [3.05, 3.63) is 96.3 Å². The number of rotatable bonds is 3. The van der Waals surface area contributed by atoms with E-state index in [4.69, 9.17) is 4.98 Å². The summed E-state index contributed by atoms with van der Waals surface area (Å²) in [5, 5.41) is 0.596. The van der Waals surface area contributed by atoms with Crippen molar-refractivity contribution in [1.29, 1.82) is 0 Å². The summed E-state index contributed by atoms with van der Waals surface area (Å²) in [5.41, 5.74) is 4.48. The molecule has 29 heavy (non-hydrogen) atoms. The van der Waals surface area contributed by atoms with E-state index in [1.807, 2.05) is 60.7 Å². The van der Waals surface area contributed by atoms with Gasteiger partial charge in [-0.3, -0.25) is 9.36 Å². The predicted molar refractivity (Wildman–Crippen MR) is 113 cm³/mol. The molecule has 0 N–H and O–H groups in total. The number of fused-ring (bicyclic) bond motifs is 1. The van der Waals surface area contributed by atoms with Gasteiger partial charge in [-0.25, -0.2) is 9.37 Å². The number of nitrogens with zero attached hydrogens (tertiary/aromatic N) is 2. The maximum absolute atomic E-state index is 13.3. The quantitative estimate of drug-likeness (QED) is 0.409. The van der Waals surface area contributed by atoms with Crippen LogP contribution in [0.1, 0.15) is 22.0 Å². The molecule has 4 aromatic rings. The van der Waals surface area contributed by atoms with Crippen LogP contribution in [-0.4, -0.2) is 15.5 Å². The Bertz CT molecular complexity index is 1170. The van der Waals surface area contributed by atoms with E-state index in [-0.39, 0.29) is 17.0 Å². The maximum Gasteiger partial charge on any atom is 0.234 e. The normalized spacial score (nSPS) is 15.9. The van der Waals surface area contributed by atoms with Crippen molar-refractivity contribution in [2.75, 3.05) is 0 Å². The van der Waals surface area contributed by atoms with Gasteiger partial charge in [0.05, 0.1) is 11.4 Å². The van der Waals surface area contributed by atoms with Crippen molar-refractivity contribution in [3.63, 3.8) is 0 Å². The van der Waals surface area contributed by atoms with E-state index in [1.54, 1.807) is 28.5 Å². The number of benzene rings is 3. The lowest BCUT2D eigenvalue weighted by Gasteiger charge is -2.23. The molecule has 0 fully saturated rings. The number of thioether (sulfide) groups is 1. The zero-order chi connectivity index (χ0) is 19.8. The second kappa shape index (κ2) is 7.33. The lowest BCUT2D eigenvalue weighted by Crippen LogP contribution is -2.20. The van der Waals surface area contributed by atoms with Gasteiger partial charge in [-0.05, 0) is 17.7 Å². The van der Waals surface area contributed by atoms with Crippen LogP contribution in [0.3, 0.4) is 0 Å². The van der Waals surface area contributed by atoms with Crippen LogP contribution in [0.5, 0.6) is 0 Å². The van der Waals surface area contributed by atoms with Crippen LogP contribution >= 0.6 is 11.8 Å². The number of halogens is 1. The van der Waals surface area contributed by atoms with Crippen LogP contribution in [0.25, 0.3) is 22.5 Å². The van der Waals surface area contributed by atoms with Crippen LogP contribution < -0.4 is 0 Å². The molecule has 0 spiro atoms. The third kappa shape index (κ3) is 3.28. The minimum Gasteiger partial charge on any atom is -0.274 e. The molecule has 0 saturated heterocycles. The van der Waals surface area contributed by atoms with Gasteiger partial charge >= 0.3 is 0 Å². The van der Waals surface area contributed by atoms with Gasteiger partial charge in [-0.15, -0.1) is 0 Å². The molecule has 0 unspecified atom stereocenters. The molecule has 0 amide bonds. The topological polar surface area (TPSA) is 34.9 Å². The molecule has 0 bridgehead atoms. The molecular weight excluding hydrogens is 383 g/mol. The van der Waals surface area contributed by atoms with E-state index in [0.29, 0.717) is 11.6 Å². The molecule has 142 valence electrons. The Morgan fingerprint density at radius 1 is 0.862 bits per heavy atom. The van der Waals surface area contributed by atoms with Crippen LogP contribution in [0.4, 0.5) is 4.39 Å². The predicted octanol–water partition coefficient (Wildman–Crippen LogP) is 6.23. The lowest BCUT2D eigenvalue weighted by molar-refractivity contribution is 0.0888. The van der Waals surface area contributed by atoms with E-state index >= 15 is 0 Å². The van der Waals surface area contributed by atoms with Gasteiger partial charge in [0.1, 0.15) is 5.82 Å². The molecule has 1 atom stereocenters. The van der Waals surface area contributed by atoms with Crippen molar-refractivity contribution in [3.8, 4) is 22.5 Å². The summed E-state index contributed by atoms with van der Waals surface area (Å²) >= 11 is 1.55. The molecular formula is C24H17FN2OS. The first-order valence-corrected chi connectivity index (χ1v) is 10.3. The minimum absolute atomic E-state index is 0.00149. The fourth-order valence-corrected chi connectivity index (χ4v) is 4.87. The standard InChI is InChI=1S/C24H17FN2OS/c25-19-13-11-16(12-14-19)20-15-21(28)27-23(18-9-5-2-6-10-18)22(26-24(27)29-20)17-7-3-1-4-8-17/h1-14,20H,15H2/t20-/m0/s1. The highest BCUT2D eigenvalue weighted by Gasteiger charge is 2.32. The molecule has 1 aliphatic rings. The van der Waals surface area contributed by atoms with Gasteiger partial charge in [0.25, 0.3) is 0 Å². The van der Waals surface area contributed by atoms with Gasteiger partial charge in [0, 0.05) is 22.8 Å². The molecule has 1 aromatic heterocycles. The second-order valence-corrected chi connectivity index (χ2v) is 8.08. The summed E-state index contributed by atoms with van der Waals surface area (Å²) in [6.07, 6.45) is 0.341. The zero-order valence-electron chi connectivity index (χ0n) is 15.5. The largest absolute Gasteiger partial charge is 0.274 e. The SMILES string of the molecule is O=C1C[C@@H](c2ccc(F)cc2)Sc2nc(-c3ccccc3)c(-c3ccccc3)n21. The molecule has 3 aromatic carbocycles. The van der Waals surface area contributed by atoms with Crippen LogP contribution in [0, 0.1) is 5.82 Å². The Morgan fingerprint density at radius 2 is 1.48 bits per heavy atom. The highest BCUT2D eigenvalue weighted by molar-refractivity contribution is 7.99. The summed E-state index contributed by atoms with van der Waals surface area (Å²) in [4.78, 5) is 18.1. The van der Waals surface area contributed by atoms with Crippen LogP contribution in [0.15, 0.2) is 90.1 Å². The maximum atomic E-state index is 13.3. The summed E-state index contributed by atoms with van der Waals surface area (Å²) in [5.74, 6) is -0.276. The highest BCUT2D eigenvalue weighted by atomic mass is 32.2. The highest BCUT2D eigenvalue weighted by Crippen LogP contribution is 2.46. The molecule has 5 heteroatoms. The Balaban J connectivity index is 1.65. The Kier molecular flexibility index (Phi) is 4.52.